The molecule has 11 heavy (non-hydrogen) atoms. The van der Waals surface area contributed by atoms with Gasteiger partial charge in [0.05, 0.1) is 6.61 Å². The van der Waals surface area contributed by atoms with Crippen LogP contribution in [0.4, 0.5) is 4.39 Å². The maximum absolute atomic E-state index is 12.9. The number of alkyl halides is 1. The molecule has 2 aliphatic rings. The van der Waals surface area contributed by atoms with E-state index in [1.807, 2.05) is 0 Å². The van der Waals surface area contributed by atoms with Crippen molar-refractivity contribution < 1.29 is 9.13 Å². The summed E-state index contributed by atoms with van der Waals surface area (Å²) in [6, 6.07) is 0. The molecule has 0 radical (unpaired) electrons. The SMILES string of the molecule is COC[C@]12CCN1C[C@@H](F)C2. The molecular formula is C8H14FNO. The highest BCUT2D eigenvalue weighted by molar-refractivity contribution is 5.06. The van der Waals surface area contributed by atoms with Gasteiger partial charge in [0, 0.05) is 32.2 Å². The molecule has 2 atom stereocenters. The highest BCUT2D eigenvalue weighted by atomic mass is 19.1. The summed E-state index contributed by atoms with van der Waals surface area (Å²) < 4.78 is 18.0. The second-order valence-electron chi connectivity index (χ2n) is 3.65. The van der Waals surface area contributed by atoms with Gasteiger partial charge in [-0.2, -0.15) is 0 Å². The van der Waals surface area contributed by atoms with Gasteiger partial charge in [-0.15, -0.1) is 0 Å². The minimum absolute atomic E-state index is 0.0914. The lowest BCUT2D eigenvalue weighted by molar-refractivity contribution is -0.0340. The van der Waals surface area contributed by atoms with Crippen LogP contribution in [0.3, 0.4) is 0 Å². The van der Waals surface area contributed by atoms with E-state index in [1.165, 1.54) is 0 Å². The minimum atomic E-state index is -0.618. The van der Waals surface area contributed by atoms with E-state index >= 15 is 0 Å². The first-order valence-corrected chi connectivity index (χ1v) is 4.15. The molecule has 0 N–H and O–H groups in total. The van der Waals surface area contributed by atoms with Gasteiger partial charge in [-0.1, -0.05) is 0 Å². The van der Waals surface area contributed by atoms with Crippen LogP contribution in [0, 0.1) is 0 Å². The molecule has 2 fully saturated rings. The van der Waals surface area contributed by atoms with Gasteiger partial charge in [0.15, 0.2) is 0 Å². The van der Waals surface area contributed by atoms with Crippen molar-refractivity contribution in [2.24, 2.45) is 0 Å². The lowest BCUT2D eigenvalue weighted by Gasteiger charge is -2.47. The van der Waals surface area contributed by atoms with Gasteiger partial charge < -0.3 is 4.74 Å². The zero-order valence-electron chi connectivity index (χ0n) is 6.85. The predicted molar refractivity (Wildman–Crippen MR) is 40.3 cm³/mol. The second-order valence-corrected chi connectivity index (χ2v) is 3.65. The zero-order chi connectivity index (χ0) is 7.90. The molecule has 0 aliphatic carbocycles. The van der Waals surface area contributed by atoms with Gasteiger partial charge in [-0.3, -0.25) is 4.90 Å². The molecule has 3 heteroatoms. The molecule has 64 valence electrons. The fraction of sp³-hybridized carbons (Fsp3) is 1.00. The standard InChI is InChI=1S/C8H14FNO/c1-11-6-8-2-3-10(8)5-7(9)4-8/h7H,2-6H2,1H3/t7-,8+/m0/s1. The van der Waals surface area contributed by atoms with Crippen LogP contribution in [-0.2, 0) is 4.74 Å². The van der Waals surface area contributed by atoms with E-state index in [9.17, 15) is 4.39 Å². The normalized spacial score (nSPS) is 43.6. The number of methoxy groups -OCH3 is 1. The summed E-state index contributed by atoms with van der Waals surface area (Å²) in [5.74, 6) is 0. The van der Waals surface area contributed by atoms with Crippen molar-refractivity contribution >= 4 is 0 Å². The first kappa shape index (κ1) is 7.50. The Hall–Kier alpha value is -0.150. The number of halogens is 1. The Bertz CT molecular complexity index is 164. The molecule has 2 saturated heterocycles. The summed E-state index contributed by atoms with van der Waals surface area (Å²) >= 11 is 0. The summed E-state index contributed by atoms with van der Waals surface area (Å²) in [5.41, 5.74) is 0.0914. The van der Waals surface area contributed by atoms with Crippen LogP contribution < -0.4 is 0 Å². The smallest absolute Gasteiger partial charge is 0.115 e. The van der Waals surface area contributed by atoms with E-state index in [1.54, 1.807) is 7.11 Å². The molecule has 0 aromatic rings. The Morgan fingerprint density at radius 3 is 3.00 bits per heavy atom. The largest absolute Gasteiger partial charge is 0.383 e. The van der Waals surface area contributed by atoms with Crippen LogP contribution in [0.25, 0.3) is 0 Å². The van der Waals surface area contributed by atoms with Crippen molar-refractivity contribution in [3.8, 4) is 0 Å². The Labute approximate surface area is 66.3 Å². The van der Waals surface area contributed by atoms with Crippen LogP contribution in [0.2, 0.25) is 0 Å². The number of fused-ring (bicyclic) bond motifs is 1. The van der Waals surface area contributed by atoms with Gasteiger partial charge in [-0.05, 0) is 6.42 Å². The number of ether oxygens (including phenoxy) is 1. The molecule has 2 nitrogen and oxygen atoms in total. The van der Waals surface area contributed by atoms with Crippen LogP contribution in [0.1, 0.15) is 12.8 Å². The van der Waals surface area contributed by atoms with E-state index < -0.39 is 6.17 Å². The quantitative estimate of drug-likeness (QED) is 0.591. The second kappa shape index (κ2) is 2.42. The highest BCUT2D eigenvalue weighted by Crippen LogP contribution is 2.41. The maximum atomic E-state index is 12.9. The zero-order valence-corrected chi connectivity index (χ0v) is 6.85. The summed E-state index contributed by atoms with van der Waals surface area (Å²) in [6.45, 7) is 2.39. The average molecular weight is 159 g/mol. The van der Waals surface area contributed by atoms with Crippen molar-refractivity contribution in [3.05, 3.63) is 0 Å². The van der Waals surface area contributed by atoms with Crippen LogP contribution >= 0.6 is 0 Å². The molecule has 0 aromatic heterocycles. The van der Waals surface area contributed by atoms with E-state index in [0.29, 0.717) is 19.6 Å². The molecule has 0 amide bonds. The minimum Gasteiger partial charge on any atom is -0.383 e. The number of rotatable bonds is 2. The number of nitrogens with zero attached hydrogens (tertiary/aromatic N) is 1. The monoisotopic (exact) mass is 159 g/mol. The molecule has 2 rings (SSSR count). The highest BCUT2D eigenvalue weighted by Gasteiger charge is 2.51. The van der Waals surface area contributed by atoms with Gasteiger partial charge in [0.25, 0.3) is 0 Å². The Kier molecular flexibility index (Phi) is 1.65. The van der Waals surface area contributed by atoms with E-state index in [4.69, 9.17) is 4.74 Å². The molecular weight excluding hydrogens is 145 g/mol. The predicted octanol–water partition coefficient (Wildman–Crippen LogP) is 0.819. The van der Waals surface area contributed by atoms with E-state index in [0.717, 1.165) is 13.0 Å². The summed E-state index contributed by atoms with van der Waals surface area (Å²) in [5, 5.41) is 0. The third-order valence-electron chi connectivity index (χ3n) is 2.95. The van der Waals surface area contributed by atoms with Crippen molar-refractivity contribution in [2.75, 3.05) is 26.8 Å². The summed E-state index contributed by atoms with van der Waals surface area (Å²) in [7, 11) is 1.69. The first-order valence-electron chi connectivity index (χ1n) is 4.15. The molecule has 0 saturated carbocycles. The molecule has 0 aromatic carbocycles. The van der Waals surface area contributed by atoms with Crippen LogP contribution in [-0.4, -0.2) is 43.4 Å². The number of hydrogen-bond acceptors (Lipinski definition) is 2. The maximum Gasteiger partial charge on any atom is 0.115 e. The lowest BCUT2D eigenvalue weighted by atomic mass is 9.86. The van der Waals surface area contributed by atoms with Crippen LogP contribution in [0.15, 0.2) is 0 Å². The van der Waals surface area contributed by atoms with Crippen molar-refractivity contribution in [2.45, 2.75) is 24.6 Å². The van der Waals surface area contributed by atoms with E-state index in [-0.39, 0.29) is 5.54 Å². The van der Waals surface area contributed by atoms with E-state index in [2.05, 4.69) is 4.90 Å². The lowest BCUT2D eigenvalue weighted by Crippen LogP contribution is -2.58. The van der Waals surface area contributed by atoms with Gasteiger partial charge in [-0.25, -0.2) is 4.39 Å². The topological polar surface area (TPSA) is 12.5 Å². The molecule has 0 bridgehead atoms. The van der Waals surface area contributed by atoms with Gasteiger partial charge >= 0.3 is 0 Å². The fourth-order valence-electron chi connectivity index (χ4n) is 2.31. The number of hydrogen-bond donors (Lipinski definition) is 0. The third-order valence-corrected chi connectivity index (χ3v) is 2.95. The molecule has 2 heterocycles. The first-order chi connectivity index (χ1) is 5.27. The summed E-state index contributed by atoms with van der Waals surface area (Å²) in [6.07, 6.45) is 1.18. The molecule has 2 aliphatic heterocycles. The fourth-order valence-corrected chi connectivity index (χ4v) is 2.31. The Morgan fingerprint density at radius 2 is 2.55 bits per heavy atom. The summed E-state index contributed by atoms with van der Waals surface area (Å²) in [4.78, 5) is 2.21. The van der Waals surface area contributed by atoms with Crippen molar-refractivity contribution in [1.29, 1.82) is 0 Å². The molecule has 0 spiro atoms. The molecule has 0 unspecified atom stereocenters. The Morgan fingerprint density at radius 1 is 1.73 bits per heavy atom. The van der Waals surface area contributed by atoms with Crippen molar-refractivity contribution in [3.63, 3.8) is 0 Å². The van der Waals surface area contributed by atoms with Gasteiger partial charge in [0.1, 0.15) is 6.17 Å². The Balaban J connectivity index is 2.02. The average Bonchev–Trinajstić information content (AvgIpc) is 2.15. The third kappa shape index (κ3) is 0.983. The van der Waals surface area contributed by atoms with Crippen LogP contribution in [0.5, 0.6) is 0 Å². The van der Waals surface area contributed by atoms with Crippen molar-refractivity contribution in [1.82, 2.24) is 4.90 Å². The van der Waals surface area contributed by atoms with Gasteiger partial charge in [0.2, 0.25) is 0 Å².